The van der Waals surface area contributed by atoms with Crippen molar-refractivity contribution in [1.29, 1.82) is 0 Å². The van der Waals surface area contributed by atoms with Crippen LogP contribution in [0.3, 0.4) is 0 Å². The van der Waals surface area contributed by atoms with E-state index in [1.807, 2.05) is 0 Å². The smallest absolute Gasteiger partial charge is 0.343 e. The van der Waals surface area contributed by atoms with Gasteiger partial charge < -0.3 is 5.32 Å². The van der Waals surface area contributed by atoms with Gasteiger partial charge in [-0.3, -0.25) is 4.79 Å². The van der Waals surface area contributed by atoms with Crippen LogP contribution in [0.15, 0.2) is 17.0 Å². The Labute approximate surface area is 113 Å². The van der Waals surface area contributed by atoms with Crippen molar-refractivity contribution >= 4 is 25.6 Å². The minimum Gasteiger partial charge on any atom is -0.343 e. The quantitative estimate of drug-likeness (QED) is 0.679. The average Bonchev–Trinajstić information content (AvgIpc) is 2.27. The Bertz CT molecular complexity index is 644. The van der Waals surface area contributed by atoms with Gasteiger partial charge in [0.2, 0.25) is 0 Å². The Balaban J connectivity index is 3.18. The van der Waals surface area contributed by atoms with Gasteiger partial charge in [-0.15, -0.1) is 0 Å². The Morgan fingerprint density at radius 1 is 1.25 bits per heavy atom. The summed E-state index contributed by atoms with van der Waals surface area (Å²) in [6, 6.07) is 0.546. The van der Waals surface area contributed by atoms with E-state index in [0.29, 0.717) is 6.07 Å². The molecule has 0 aliphatic carbocycles. The van der Waals surface area contributed by atoms with E-state index < -0.39 is 49.8 Å². The molecule has 0 aromatic heterocycles. The third-order valence-corrected chi connectivity index (χ3v) is 3.31. The lowest BCUT2D eigenvalue weighted by Gasteiger charge is -2.10. The Kier molecular flexibility index (Phi) is 4.59. The van der Waals surface area contributed by atoms with E-state index in [1.54, 1.807) is 0 Å². The first-order valence-electron chi connectivity index (χ1n) is 4.70. The lowest BCUT2D eigenvalue weighted by atomic mass is 10.2. The maximum absolute atomic E-state index is 13.3. The van der Waals surface area contributed by atoms with Crippen LogP contribution in [0.1, 0.15) is 10.4 Å². The van der Waals surface area contributed by atoms with Gasteiger partial charge in [0.25, 0.3) is 15.0 Å². The van der Waals surface area contributed by atoms with Gasteiger partial charge in [-0.25, -0.2) is 17.2 Å². The van der Waals surface area contributed by atoms with Gasteiger partial charge in [0, 0.05) is 10.7 Å². The van der Waals surface area contributed by atoms with Crippen LogP contribution in [0.5, 0.6) is 0 Å². The maximum atomic E-state index is 13.3. The van der Waals surface area contributed by atoms with Crippen LogP contribution < -0.4 is 5.32 Å². The summed E-state index contributed by atoms with van der Waals surface area (Å²) in [5.74, 6) is -5.14. The van der Waals surface area contributed by atoms with Crippen molar-refractivity contribution in [3.63, 3.8) is 0 Å². The monoisotopic (exact) mass is 337 g/mol. The summed E-state index contributed by atoms with van der Waals surface area (Å²) in [6.45, 7) is -1.79. The van der Waals surface area contributed by atoms with Crippen LogP contribution in [0, 0.1) is 11.6 Å². The summed E-state index contributed by atoms with van der Waals surface area (Å²) >= 11 is 0. The number of alkyl halides is 3. The predicted molar refractivity (Wildman–Crippen MR) is 57.8 cm³/mol. The van der Waals surface area contributed by atoms with Gasteiger partial charge in [-0.05, 0) is 12.1 Å². The maximum Gasteiger partial charge on any atom is 0.405 e. The Morgan fingerprint density at radius 2 is 1.80 bits per heavy atom. The lowest BCUT2D eigenvalue weighted by molar-refractivity contribution is -0.123. The molecule has 1 aromatic carbocycles. The first kappa shape index (κ1) is 16.6. The second-order valence-electron chi connectivity index (χ2n) is 3.50. The first-order chi connectivity index (χ1) is 8.92. The molecule has 4 nitrogen and oxygen atoms in total. The molecular formula is C9H5ClF5NO3S. The molecule has 1 aromatic rings. The highest BCUT2D eigenvalue weighted by Gasteiger charge is 2.29. The van der Waals surface area contributed by atoms with E-state index in [9.17, 15) is 35.2 Å². The zero-order valence-electron chi connectivity index (χ0n) is 9.26. The van der Waals surface area contributed by atoms with E-state index >= 15 is 0 Å². The number of carbonyl (C=O) groups is 1. The van der Waals surface area contributed by atoms with Crippen LogP contribution in [0.4, 0.5) is 22.0 Å². The first-order valence-corrected chi connectivity index (χ1v) is 7.01. The van der Waals surface area contributed by atoms with Crippen molar-refractivity contribution in [2.75, 3.05) is 6.54 Å². The van der Waals surface area contributed by atoms with E-state index in [1.165, 1.54) is 5.32 Å². The van der Waals surface area contributed by atoms with Crippen LogP contribution >= 0.6 is 10.7 Å². The molecule has 0 atom stereocenters. The molecule has 0 heterocycles. The highest BCUT2D eigenvalue weighted by molar-refractivity contribution is 8.13. The number of nitrogens with one attached hydrogen (secondary N) is 1. The fourth-order valence-corrected chi connectivity index (χ4v) is 1.92. The fourth-order valence-electron chi connectivity index (χ4n) is 1.15. The second kappa shape index (κ2) is 5.52. The molecule has 0 saturated heterocycles. The topological polar surface area (TPSA) is 63.2 Å². The van der Waals surface area contributed by atoms with Crippen molar-refractivity contribution in [2.24, 2.45) is 0 Å². The molecule has 0 radical (unpaired) electrons. The standard InChI is InChI=1S/C9H5ClF5NO3S/c10-20(18,19)4-1-5(7(12)6(11)2-4)8(17)16-3-9(13,14)15/h1-2H,3H2,(H,16,17). The molecule has 20 heavy (non-hydrogen) atoms. The Morgan fingerprint density at radius 3 is 2.25 bits per heavy atom. The highest BCUT2D eigenvalue weighted by Crippen LogP contribution is 2.22. The third kappa shape index (κ3) is 4.30. The van der Waals surface area contributed by atoms with Crippen molar-refractivity contribution in [3.8, 4) is 0 Å². The molecule has 0 spiro atoms. The number of amides is 1. The van der Waals surface area contributed by atoms with E-state index in [0.717, 1.165) is 0 Å². The van der Waals surface area contributed by atoms with E-state index in [2.05, 4.69) is 0 Å². The molecule has 0 bridgehead atoms. The largest absolute Gasteiger partial charge is 0.405 e. The highest BCUT2D eigenvalue weighted by atomic mass is 35.7. The number of halogens is 6. The Hall–Kier alpha value is -1.42. The van der Waals surface area contributed by atoms with Crippen LogP contribution in [0.25, 0.3) is 0 Å². The van der Waals surface area contributed by atoms with Crippen LogP contribution in [0.2, 0.25) is 0 Å². The third-order valence-electron chi connectivity index (χ3n) is 1.98. The van der Waals surface area contributed by atoms with E-state index in [4.69, 9.17) is 10.7 Å². The average molecular weight is 338 g/mol. The van der Waals surface area contributed by atoms with Gasteiger partial charge in [-0.2, -0.15) is 13.2 Å². The minimum atomic E-state index is -4.76. The van der Waals surface area contributed by atoms with Crippen molar-refractivity contribution in [2.45, 2.75) is 11.1 Å². The van der Waals surface area contributed by atoms with Crippen LogP contribution in [-0.4, -0.2) is 27.0 Å². The van der Waals surface area contributed by atoms with Crippen molar-refractivity contribution < 1.29 is 35.2 Å². The number of benzene rings is 1. The van der Waals surface area contributed by atoms with Gasteiger partial charge >= 0.3 is 6.18 Å². The lowest BCUT2D eigenvalue weighted by Crippen LogP contribution is -2.34. The number of hydrogen-bond acceptors (Lipinski definition) is 3. The van der Waals surface area contributed by atoms with Gasteiger partial charge in [0.05, 0.1) is 10.5 Å². The zero-order chi connectivity index (χ0) is 15.7. The summed E-state index contributed by atoms with van der Waals surface area (Å²) in [4.78, 5) is 10.3. The second-order valence-corrected chi connectivity index (χ2v) is 6.07. The summed E-state index contributed by atoms with van der Waals surface area (Å²) in [5.41, 5.74) is -1.20. The summed E-state index contributed by atoms with van der Waals surface area (Å²) < 4.78 is 83.9. The molecular weight excluding hydrogens is 333 g/mol. The molecule has 11 heteroatoms. The van der Waals surface area contributed by atoms with Crippen LogP contribution in [-0.2, 0) is 9.05 Å². The normalized spacial score (nSPS) is 12.3. The molecule has 0 aliphatic rings. The fraction of sp³-hybridized carbons (Fsp3) is 0.222. The molecule has 0 aliphatic heterocycles. The molecule has 0 saturated carbocycles. The summed E-state index contributed by atoms with van der Waals surface area (Å²) in [5, 5.41) is 1.28. The molecule has 1 amide bonds. The minimum absolute atomic E-state index is 0.207. The van der Waals surface area contributed by atoms with Crippen molar-refractivity contribution in [3.05, 3.63) is 29.3 Å². The SMILES string of the molecule is O=C(NCC(F)(F)F)c1cc(S(=O)(=O)Cl)cc(F)c1F. The molecule has 112 valence electrons. The van der Waals surface area contributed by atoms with Gasteiger partial charge in [-0.1, -0.05) is 0 Å². The number of rotatable bonds is 3. The van der Waals surface area contributed by atoms with Gasteiger partial charge in [0.1, 0.15) is 6.54 Å². The number of carbonyl (C=O) groups excluding carboxylic acids is 1. The molecule has 1 rings (SSSR count). The van der Waals surface area contributed by atoms with Gasteiger partial charge in [0.15, 0.2) is 11.6 Å². The zero-order valence-corrected chi connectivity index (χ0v) is 10.8. The summed E-state index contributed by atoms with van der Waals surface area (Å²) in [7, 11) is 0.402. The summed E-state index contributed by atoms with van der Waals surface area (Å²) in [6.07, 6.45) is -4.76. The predicted octanol–water partition coefficient (Wildman–Crippen LogP) is 2.18. The number of hydrogen-bond donors (Lipinski definition) is 1. The van der Waals surface area contributed by atoms with E-state index in [-0.39, 0.29) is 6.07 Å². The molecule has 0 fully saturated rings. The molecule has 1 N–H and O–H groups in total. The molecule has 0 unspecified atom stereocenters. The van der Waals surface area contributed by atoms with Crippen molar-refractivity contribution in [1.82, 2.24) is 5.32 Å².